The van der Waals surface area contributed by atoms with Crippen LogP contribution >= 0.6 is 0 Å². The van der Waals surface area contributed by atoms with Crippen LogP contribution in [0.15, 0.2) is 41.5 Å². The molecule has 0 unspecified atom stereocenters. The molecular weight excluding hydrogens is 356 g/mol. The molecule has 2 aromatic rings. The molecule has 0 spiro atoms. The van der Waals surface area contributed by atoms with Crippen molar-refractivity contribution >= 4 is 12.1 Å². The summed E-state index contributed by atoms with van der Waals surface area (Å²) >= 11 is 0. The maximum absolute atomic E-state index is 12.0. The smallest absolute Gasteiger partial charge is 0.277 e. The summed E-state index contributed by atoms with van der Waals surface area (Å²) in [4.78, 5) is 12.0. The predicted octanol–water partition coefficient (Wildman–Crippen LogP) is 3.84. The Balaban J connectivity index is 1.91. The van der Waals surface area contributed by atoms with Crippen LogP contribution in [0.5, 0.6) is 17.2 Å². The van der Waals surface area contributed by atoms with Crippen LogP contribution in [-0.4, -0.2) is 32.9 Å². The second-order valence-electron chi connectivity index (χ2n) is 7.37. The molecular formula is C22H28N2O4. The first-order valence-electron chi connectivity index (χ1n) is 9.03. The lowest BCUT2D eigenvalue weighted by atomic mass is 9.87. The van der Waals surface area contributed by atoms with Gasteiger partial charge in [0, 0.05) is 11.1 Å². The van der Waals surface area contributed by atoms with E-state index >= 15 is 0 Å². The maximum atomic E-state index is 12.0. The molecule has 0 aliphatic carbocycles. The summed E-state index contributed by atoms with van der Waals surface area (Å²) in [5.41, 5.74) is 5.34. The number of ether oxygens (including phenoxy) is 3. The van der Waals surface area contributed by atoms with Crippen molar-refractivity contribution in [3.8, 4) is 17.2 Å². The molecule has 0 heterocycles. The van der Waals surface area contributed by atoms with E-state index in [1.165, 1.54) is 11.8 Å². The van der Waals surface area contributed by atoms with Crippen molar-refractivity contribution in [2.45, 2.75) is 33.1 Å². The Bertz CT molecular complexity index is 837. The second-order valence-corrected chi connectivity index (χ2v) is 7.37. The monoisotopic (exact) mass is 384 g/mol. The number of nitrogens with zero attached hydrogens (tertiary/aromatic N) is 1. The van der Waals surface area contributed by atoms with E-state index in [1.807, 2.05) is 43.3 Å². The number of carbonyl (C=O) groups is 1. The van der Waals surface area contributed by atoms with Crippen LogP contribution in [0.25, 0.3) is 0 Å². The van der Waals surface area contributed by atoms with Gasteiger partial charge in [0.25, 0.3) is 5.91 Å². The highest BCUT2D eigenvalue weighted by molar-refractivity contribution is 5.86. The number of benzene rings is 2. The van der Waals surface area contributed by atoms with Gasteiger partial charge in [-0.2, -0.15) is 5.10 Å². The van der Waals surface area contributed by atoms with E-state index in [2.05, 4.69) is 31.3 Å². The third kappa shape index (κ3) is 5.49. The second kappa shape index (κ2) is 9.26. The fourth-order valence-electron chi connectivity index (χ4n) is 2.69. The molecule has 0 aromatic heterocycles. The van der Waals surface area contributed by atoms with Crippen molar-refractivity contribution in [3.63, 3.8) is 0 Å². The van der Waals surface area contributed by atoms with Crippen molar-refractivity contribution in [2.75, 3.05) is 20.8 Å². The van der Waals surface area contributed by atoms with Gasteiger partial charge >= 0.3 is 0 Å². The third-order valence-corrected chi connectivity index (χ3v) is 4.29. The summed E-state index contributed by atoms with van der Waals surface area (Å²) in [6.07, 6.45) is 1.53. The number of hydrogen-bond acceptors (Lipinski definition) is 5. The topological polar surface area (TPSA) is 69.2 Å². The first-order valence-corrected chi connectivity index (χ1v) is 9.03. The minimum absolute atomic E-state index is 0.0749. The van der Waals surface area contributed by atoms with E-state index in [0.29, 0.717) is 11.5 Å². The molecule has 2 aromatic carbocycles. The molecule has 6 heteroatoms. The van der Waals surface area contributed by atoms with Crippen molar-refractivity contribution in [3.05, 3.63) is 53.1 Å². The van der Waals surface area contributed by atoms with Gasteiger partial charge in [0.15, 0.2) is 6.61 Å². The van der Waals surface area contributed by atoms with Gasteiger partial charge in [-0.05, 0) is 42.2 Å². The average Bonchev–Trinajstić information content (AvgIpc) is 2.66. The quantitative estimate of drug-likeness (QED) is 0.582. The molecule has 150 valence electrons. The molecule has 0 fully saturated rings. The molecule has 28 heavy (non-hydrogen) atoms. The molecule has 1 amide bonds. The molecule has 1 N–H and O–H groups in total. The lowest BCUT2D eigenvalue weighted by Crippen LogP contribution is -2.24. The number of rotatable bonds is 7. The SMILES string of the molecule is COc1ccc(/C=N\NC(=O)COc2ccc(C(C)(C)C)cc2)c(OC)c1C. The Kier molecular flexibility index (Phi) is 7.04. The van der Waals surface area contributed by atoms with Gasteiger partial charge in [-0.15, -0.1) is 0 Å². The fraction of sp³-hybridized carbons (Fsp3) is 0.364. The van der Waals surface area contributed by atoms with Crippen LogP contribution in [0.4, 0.5) is 0 Å². The van der Waals surface area contributed by atoms with Crippen LogP contribution < -0.4 is 19.6 Å². The molecule has 2 rings (SSSR count). The molecule has 0 aliphatic rings. The number of methoxy groups -OCH3 is 2. The zero-order valence-electron chi connectivity index (χ0n) is 17.3. The number of hydrogen-bond donors (Lipinski definition) is 1. The van der Waals surface area contributed by atoms with Gasteiger partial charge in [-0.1, -0.05) is 32.9 Å². The van der Waals surface area contributed by atoms with Gasteiger partial charge in [0.2, 0.25) is 0 Å². The van der Waals surface area contributed by atoms with Crippen LogP contribution in [0, 0.1) is 6.92 Å². The Labute approximate surface area is 166 Å². The number of amides is 1. The summed E-state index contributed by atoms with van der Waals surface area (Å²) in [6, 6.07) is 11.4. The van der Waals surface area contributed by atoms with Gasteiger partial charge in [0.1, 0.15) is 17.2 Å². The Morgan fingerprint density at radius 2 is 1.75 bits per heavy atom. The van der Waals surface area contributed by atoms with Gasteiger partial charge in [-0.3, -0.25) is 4.79 Å². The molecule has 0 bridgehead atoms. The minimum Gasteiger partial charge on any atom is -0.496 e. The summed E-state index contributed by atoms with van der Waals surface area (Å²) in [6.45, 7) is 8.21. The maximum Gasteiger partial charge on any atom is 0.277 e. The Morgan fingerprint density at radius 3 is 2.32 bits per heavy atom. The zero-order valence-corrected chi connectivity index (χ0v) is 17.3. The normalized spacial score (nSPS) is 11.4. The lowest BCUT2D eigenvalue weighted by Gasteiger charge is -2.19. The van der Waals surface area contributed by atoms with E-state index in [9.17, 15) is 4.79 Å². The molecule has 6 nitrogen and oxygen atoms in total. The van der Waals surface area contributed by atoms with Crippen molar-refractivity contribution in [1.82, 2.24) is 5.43 Å². The number of carbonyl (C=O) groups excluding carboxylic acids is 1. The Hall–Kier alpha value is -3.02. The van der Waals surface area contributed by atoms with Gasteiger partial charge < -0.3 is 14.2 Å². The summed E-state index contributed by atoms with van der Waals surface area (Å²) in [7, 11) is 3.18. The number of nitrogens with one attached hydrogen (secondary N) is 1. The molecule has 0 saturated heterocycles. The van der Waals surface area contributed by atoms with Crippen LogP contribution in [0.3, 0.4) is 0 Å². The fourth-order valence-corrected chi connectivity index (χ4v) is 2.69. The van der Waals surface area contributed by atoms with Gasteiger partial charge in [-0.25, -0.2) is 5.43 Å². The third-order valence-electron chi connectivity index (χ3n) is 4.29. The van der Waals surface area contributed by atoms with Crippen LogP contribution in [0.1, 0.15) is 37.5 Å². The zero-order chi connectivity index (χ0) is 20.7. The highest BCUT2D eigenvalue weighted by Crippen LogP contribution is 2.30. The highest BCUT2D eigenvalue weighted by Gasteiger charge is 2.13. The molecule has 0 atom stereocenters. The van der Waals surface area contributed by atoms with Gasteiger partial charge in [0.05, 0.1) is 20.4 Å². The predicted molar refractivity (Wildman–Crippen MR) is 111 cm³/mol. The van der Waals surface area contributed by atoms with E-state index < -0.39 is 0 Å². The molecule has 0 aliphatic heterocycles. The van der Waals surface area contributed by atoms with E-state index in [0.717, 1.165) is 16.9 Å². The first-order chi connectivity index (χ1) is 13.3. The lowest BCUT2D eigenvalue weighted by molar-refractivity contribution is -0.123. The molecule has 0 radical (unpaired) electrons. The Morgan fingerprint density at radius 1 is 1.07 bits per heavy atom. The van der Waals surface area contributed by atoms with Crippen LogP contribution in [0.2, 0.25) is 0 Å². The summed E-state index contributed by atoms with van der Waals surface area (Å²) in [5.74, 6) is 1.66. The largest absolute Gasteiger partial charge is 0.496 e. The highest BCUT2D eigenvalue weighted by atomic mass is 16.5. The molecule has 0 saturated carbocycles. The van der Waals surface area contributed by atoms with E-state index in [-0.39, 0.29) is 17.9 Å². The van der Waals surface area contributed by atoms with E-state index in [1.54, 1.807) is 14.2 Å². The number of hydrazone groups is 1. The standard InChI is InChI=1S/C22H28N2O4/c1-15-19(26-5)12-7-16(21(15)27-6)13-23-24-20(25)14-28-18-10-8-17(9-11-18)22(2,3)4/h7-13H,14H2,1-6H3,(H,24,25)/b23-13-. The van der Waals surface area contributed by atoms with Crippen LogP contribution in [-0.2, 0) is 10.2 Å². The van der Waals surface area contributed by atoms with Crippen molar-refractivity contribution < 1.29 is 19.0 Å². The minimum atomic E-state index is -0.347. The first kappa shape index (κ1) is 21.3. The van der Waals surface area contributed by atoms with E-state index in [4.69, 9.17) is 14.2 Å². The average molecular weight is 384 g/mol. The van der Waals surface area contributed by atoms with Crippen molar-refractivity contribution in [2.24, 2.45) is 5.10 Å². The van der Waals surface area contributed by atoms with Crippen molar-refractivity contribution in [1.29, 1.82) is 0 Å². The summed E-state index contributed by atoms with van der Waals surface area (Å²) in [5, 5.41) is 3.98. The summed E-state index contributed by atoms with van der Waals surface area (Å²) < 4.78 is 16.2.